The lowest BCUT2D eigenvalue weighted by Crippen LogP contribution is -2.26. The highest BCUT2D eigenvalue weighted by Gasteiger charge is 2.16. The molecule has 1 aromatic rings. The van der Waals surface area contributed by atoms with Gasteiger partial charge in [-0.3, -0.25) is 4.90 Å². The zero-order chi connectivity index (χ0) is 11.4. The summed E-state index contributed by atoms with van der Waals surface area (Å²) >= 11 is 0. The Morgan fingerprint density at radius 1 is 1.31 bits per heavy atom. The first kappa shape index (κ1) is 10.5. The molecule has 1 aliphatic heterocycles. The van der Waals surface area contributed by atoms with Crippen molar-refractivity contribution in [2.24, 2.45) is 0 Å². The Morgan fingerprint density at radius 2 is 2.12 bits per heavy atom. The third-order valence-corrected chi connectivity index (χ3v) is 2.28. The predicted molar refractivity (Wildman–Crippen MR) is 64.1 cm³/mol. The smallest absolute Gasteiger partial charge is 0.418 e. The third-order valence-electron chi connectivity index (χ3n) is 2.28. The van der Waals surface area contributed by atoms with Crippen molar-refractivity contribution in [2.45, 2.75) is 6.92 Å². The number of ether oxygens (including phenoxy) is 1. The molecular formula is C13H13NO2. The second-order valence-electron chi connectivity index (χ2n) is 3.33. The van der Waals surface area contributed by atoms with Crippen LogP contribution in [0.5, 0.6) is 0 Å². The largest absolute Gasteiger partial charge is 0.449 e. The van der Waals surface area contributed by atoms with Crippen molar-refractivity contribution in [3.05, 3.63) is 48.2 Å². The zero-order valence-corrected chi connectivity index (χ0v) is 9.09. The minimum atomic E-state index is -0.352. The molecular weight excluding hydrogens is 202 g/mol. The number of hydrogen-bond acceptors (Lipinski definition) is 2. The number of carbonyl (C=O) groups excluding carboxylic acids is 1. The molecule has 0 fully saturated rings. The SMILES string of the molecule is CCOC(=O)N1C=CC=Cc2ccccc21. The van der Waals surface area contributed by atoms with E-state index in [-0.39, 0.29) is 6.09 Å². The van der Waals surface area contributed by atoms with Gasteiger partial charge in [-0.15, -0.1) is 0 Å². The number of amides is 1. The lowest BCUT2D eigenvalue weighted by Gasteiger charge is -2.18. The molecule has 2 rings (SSSR count). The molecule has 1 aliphatic rings. The highest BCUT2D eigenvalue weighted by molar-refractivity contribution is 5.93. The van der Waals surface area contributed by atoms with E-state index in [9.17, 15) is 4.79 Å². The van der Waals surface area contributed by atoms with Crippen LogP contribution in [0.15, 0.2) is 42.6 Å². The van der Waals surface area contributed by atoms with Gasteiger partial charge in [0.1, 0.15) is 0 Å². The van der Waals surface area contributed by atoms with E-state index in [4.69, 9.17) is 4.74 Å². The molecule has 0 saturated heterocycles. The predicted octanol–water partition coefficient (Wildman–Crippen LogP) is 3.19. The molecule has 0 aliphatic carbocycles. The van der Waals surface area contributed by atoms with Crippen LogP contribution in [0.2, 0.25) is 0 Å². The molecule has 0 aromatic heterocycles. The van der Waals surface area contributed by atoms with Crippen molar-refractivity contribution in [2.75, 3.05) is 11.5 Å². The number of nitrogens with zero attached hydrogens (tertiary/aromatic N) is 1. The minimum absolute atomic E-state index is 0.352. The number of para-hydroxylation sites is 1. The normalized spacial score (nSPS) is 13.2. The number of allylic oxidation sites excluding steroid dienone is 2. The summed E-state index contributed by atoms with van der Waals surface area (Å²) in [4.78, 5) is 13.3. The highest BCUT2D eigenvalue weighted by atomic mass is 16.6. The quantitative estimate of drug-likeness (QED) is 0.720. The molecule has 0 bridgehead atoms. The molecule has 1 aromatic carbocycles. The van der Waals surface area contributed by atoms with Crippen molar-refractivity contribution in [3.63, 3.8) is 0 Å². The Balaban J connectivity index is 2.38. The molecule has 1 amide bonds. The lowest BCUT2D eigenvalue weighted by molar-refractivity contribution is 0.162. The molecule has 0 atom stereocenters. The van der Waals surface area contributed by atoms with E-state index in [1.165, 1.54) is 4.90 Å². The Labute approximate surface area is 94.6 Å². The number of rotatable bonds is 1. The fraction of sp³-hybridized carbons (Fsp3) is 0.154. The highest BCUT2D eigenvalue weighted by Crippen LogP contribution is 2.24. The molecule has 0 N–H and O–H groups in total. The van der Waals surface area contributed by atoms with Gasteiger partial charge in [-0.05, 0) is 24.6 Å². The molecule has 1 heterocycles. The van der Waals surface area contributed by atoms with E-state index in [0.29, 0.717) is 6.61 Å². The summed E-state index contributed by atoms with van der Waals surface area (Å²) in [6, 6.07) is 7.70. The fourth-order valence-corrected chi connectivity index (χ4v) is 1.58. The summed E-state index contributed by atoms with van der Waals surface area (Å²) in [5, 5.41) is 0. The van der Waals surface area contributed by atoms with Crippen molar-refractivity contribution in [3.8, 4) is 0 Å². The molecule has 3 heteroatoms. The summed E-state index contributed by atoms with van der Waals surface area (Å²) in [5.41, 5.74) is 1.84. The summed E-state index contributed by atoms with van der Waals surface area (Å²) in [6.45, 7) is 2.17. The molecule has 0 radical (unpaired) electrons. The van der Waals surface area contributed by atoms with Crippen LogP contribution in [0.3, 0.4) is 0 Å². The number of benzene rings is 1. The average Bonchev–Trinajstić information content (AvgIpc) is 2.51. The van der Waals surface area contributed by atoms with E-state index < -0.39 is 0 Å². The molecule has 0 unspecified atom stereocenters. The second-order valence-corrected chi connectivity index (χ2v) is 3.33. The topological polar surface area (TPSA) is 29.5 Å². The number of hydrogen-bond donors (Lipinski definition) is 0. The summed E-state index contributed by atoms with van der Waals surface area (Å²) in [5.74, 6) is 0. The standard InChI is InChI=1S/C13H13NO2/c1-2-16-13(15)14-10-6-5-8-11-7-3-4-9-12(11)14/h3-10H,2H2,1H3. The summed E-state index contributed by atoms with van der Waals surface area (Å²) < 4.78 is 5.00. The maximum atomic E-state index is 11.7. The van der Waals surface area contributed by atoms with Gasteiger partial charge >= 0.3 is 6.09 Å². The van der Waals surface area contributed by atoms with Crippen molar-refractivity contribution < 1.29 is 9.53 Å². The lowest BCUT2D eigenvalue weighted by atomic mass is 10.1. The van der Waals surface area contributed by atoms with Gasteiger partial charge in [-0.1, -0.05) is 30.4 Å². The first-order chi connectivity index (χ1) is 7.83. The Kier molecular flexibility index (Phi) is 3.05. The van der Waals surface area contributed by atoms with Gasteiger partial charge in [0, 0.05) is 6.20 Å². The van der Waals surface area contributed by atoms with E-state index in [1.54, 1.807) is 13.1 Å². The molecule has 0 spiro atoms. The monoisotopic (exact) mass is 215 g/mol. The van der Waals surface area contributed by atoms with Gasteiger partial charge in [0.25, 0.3) is 0 Å². The molecule has 82 valence electrons. The van der Waals surface area contributed by atoms with Crippen LogP contribution in [-0.4, -0.2) is 12.7 Å². The van der Waals surface area contributed by atoms with Gasteiger partial charge in [0.15, 0.2) is 0 Å². The molecule has 16 heavy (non-hydrogen) atoms. The van der Waals surface area contributed by atoms with Crippen LogP contribution in [0, 0.1) is 0 Å². The fourth-order valence-electron chi connectivity index (χ4n) is 1.58. The van der Waals surface area contributed by atoms with Crippen molar-refractivity contribution in [1.29, 1.82) is 0 Å². The van der Waals surface area contributed by atoms with Crippen LogP contribution in [0.1, 0.15) is 12.5 Å². The van der Waals surface area contributed by atoms with Gasteiger partial charge in [0.05, 0.1) is 12.3 Å². The van der Waals surface area contributed by atoms with E-state index in [2.05, 4.69) is 0 Å². The Morgan fingerprint density at radius 3 is 2.94 bits per heavy atom. The number of carbonyl (C=O) groups is 1. The van der Waals surface area contributed by atoms with E-state index in [1.807, 2.05) is 42.5 Å². The summed E-state index contributed by atoms with van der Waals surface area (Å²) in [7, 11) is 0. The summed E-state index contributed by atoms with van der Waals surface area (Å²) in [6.07, 6.45) is 7.04. The van der Waals surface area contributed by atoms with Crippen molar-refractivity contribution >= 4 is 17.9 Å². The third kappa shape index (κ3) is 1.98. The first-order valence-corrected chi connectivity index (χ1v) is 5.23. The maximum Gasteiger partial charge on any atom is 0.418 e. The van der Waals surface area contributed by atoms with Gasteiger partial charge < -0.3 is 4.74 Å². The van der Waals surface area contributed by atoms with E-state index in [0.717, 1.165) is 11.3 Å². The van der Waals surface area contributed by atoms with Crippen molar-refractivity contribution in [1.82, 2.24) is 0 Å². The Bertz CT molecular complexity index is 449. The van der Waals surface area contributed by atoms with Crippen LogP contribution in [0.25, 0.3) is 6.08 Å². The van der Waals surface area contributed by atoms with Gasteiger partial charge in [-0.25, -0.2) is 4.79 Å². The van der Waals surface area contributed by atoms with Gasteiger partial charge in [-0.2, -0.15) is 0 Å². The average molecular weight is 215 g/mol. The zero-order valence-electron chi connectivity index (χ0n) is 9.09. The molecule has 0 saturated carbocycles. The second kappa shape index (κ2) is 4.66. The van der Waals surface area contributed by atoms with Crippen LogP contribution in [0.4, 0.5) is 10.5 Å². The van der Waals surface area contributed by atoms with Crippen LogP contribution >= 0.6 is 0 Å². The van der Waals surface area contributed by atoms with Crippen LogP contribution < -0.4 is 4.90 Å². The minimum Gasteiger partial charge on any atom is -0.449 e. The maximum absolute atomic E-state index is 11.7. The number of anilines is 1. The first-order valence-electron chi connectivity index (χ1n) is 5.23. The Hall–Kier alpha value is -2.03. The van der Waals surface area contributed by atoms with E-state index >= 15 is 0 Å². The number of fused-ring (bicyclic) bond motifs is 1. The van der Waals surface area contributed by atoms with Crippen LogP contribution in [-0.2, 0) is 4.74 Å². The van der Waals surface area contributed by atoms with Gasteiger partial charge in [0.2, 0.25) is 0 Å². The molecule has 3 nitrogen and oxygen atoms in total.